The number of aldehydes is 1. The molecule has 2 rings (SSSR count). The molecule has 6 heteroatoms. The summed E-state index contributed by atoms with van der Waals surface area (Å²) in [5.41, 5.74) is 0.971. The van der Waals surface area contributed by atoms with Crippen molar-refractivity contribution in [3.63, 3.8) is 0 Å². The first-order valence-corrected chi connectivity index (χ1v) is 6.17. The molecule has 0 saturated carbocycles. The van der Waals surface area contributed by atoms with Gasteiger partial charge in [-0.15, -0.1) is 0 Å². The zero-order chi connectivity index (χ0) is 13.8. The topological polar surface area (TPSA) is 72.7 Å². The Kier molecular flexibility index (Phi) is 4.11. The molecule has 1 fully saturated rings. The Morgan fingerprint density at radius 3 is 2.95 bits per heavy atom. The largest absolute Gasteiger partial charge is 0.380 e. The molecule has 1 aliphatic rings. The lowest BCUT2D eigenvalue weighted by atomic mass is 10.1. The first-order chi connectivity index (χ1) is 9.15. The first kappa shape index (κ1) is 13.5. The van der Waals surface area contributed by atoms with Crippen molar-refractivity contribution in [3.8, 4) is 0 Å². The number of nitro groups is 1. The van der Waals surface area contributed by atoms with Gasteiger partial charge in [0.05, 0.1) is 11.0 Å². The quantitative estimate of drug-likeness (QED) is 0.472. The van der Waals surface area contributed by atoms with Crippen LogP contribution in [0.3, 0.4) is 0 Å². The van der Waals surface area contributed by atoms with Crippen molar-refractivity contribution >= 4 is 17.7 Å². The van der Waals surface area contributed by atoms with Crippen LogP contribution in [0.4, 0.5) is 11.4 Å². The van der Waals surface area contributed by atoms with Crippen LogP contribution in [0.5, 0.6) is 0 Å². The van der Waals surface area contributed by atoms with E-state index in [9.17, 15) is 14.9 Å². The normalized spacial score (nSPS) is 19.2. The summed E-state index contributed by atoms with van der Waals surface area (Å²) in [4.78, 5) is 23.4. The Labute approximate surface area is 111 Å². The molecule has 0 radical (unpaired) electrons. The zero-order valence-corrected chi connectivity index (χ0v) is 10.7. The van der Waals surface area contributed by atoms with Crippen LogP contribution in [0, 0.1) is 10.1 Å². The van der Waals surface area contributed by atoms with Gasteiger partial charge in [-0.05, 0) is 25.0 Å². The van der Waals surface area contributed by atoms with Gasteiger partial charge in [0.1, 0.15) is 12.0 Å². The van der Waals surface area contributed by atoms with Gasteiger partial charge in [0.2, 0.25) is 0 Å². The van der Waals surface area contributed by atoms with E-state index >= 15 is 0 Å². The van der Waals surface area contributed by atoms with Crippen LogP contribution in [0.2, 0.25) is 0 Å². The minimum absolute atomic E-state index is 0.0300. The molecule has 0 amide bonds. The van der Waals surface area contributed by atoms with Gasteiger partial charge in [-0.2, -0.15) is 0 Å². The number of nitrogens with zero attached hydrogens (tertiary/aromatic N) is 2. The molecule has 0 N–H and O–H groups in total. The molecule has 1 atom stereocenters. The molecule has 102 valence electrons. The second-order valence-corrected chi connectivity index (χ2v) is 4.57. The molecule has 0 bridgehead atoms. The number of piperidine rings is 1. The molecular formula is C13H16N2O4. The lowest BCUT2D eigenvalue weighted by Gasteiger charge is -2.33. The standard InChI is InChI=1S/C13H16N2O4/c1-19-11-3-2-6-14(8-11)13-7-10(9-16)4-5-12(13)15(17)18/h4-5,7,9,11H,2-3,6,8H2,1H3. The fraction of sp³-hybridized carbons (Fsp3) is 0.462. The number of hydrogen-bond acceptors (Lipinski definition) is 5. The van der Waals surface area contributed by atoms with Crippen molar-refractivity contribution in [1.82, 2.24) is 0 Å². The Hall–Kier alpha value is -1.95. The zero-order valence-electron chi connectivity index (χ0n) is 10.7. The number of ether oxygens (including phenoxy) is 1. The summed E-state index contributed by atoms with van der Waals surface area (Å²) in [5.74, 6) is 0. The second kappa shape index (κ2) is 5.79. The smallest absolute Gasteiger partial charge is 0.292 e. The van der Waals surface area contributed by atoms with Crippen molar-refractivity contribution in [1.29, 1.82) is 0 Å². The summed E-state index contributed by atoms with van der Waals surface area (Å²) >= 11 is 0. The molecule has 1 heterocycles. The Morgan fingerprint density at radius 2 is 2.32 bits per heavy atom. The van der Waals surface area contributed by atoms with E-state index in [1.165, 1.54) is 12.1 Å². The highest BCUT2D eigenvalue weighted by Crippen LogP contribution is 2.31. The van der Waals surface area contributed by atoms with Crippen LogP contribution < -0.4 is 4.90 Å². The Balaban J connectivity index is 2.35. The Bertz CT molecular complexity index is 490. The van der Waals surface area contributed by atoms with Crippen LogP contribution in [-0.4, -0.2) is 37.5 Å². The van der Waals surface area contributed by atoms with E-state index in [1.807, 2.05) is 4.90 Å². The monoisotopic (exact) mass is 264 g/mol. The number of anilines is 1. The average Bonchev–Trinajstić information content (AvgIpc) is 2.46. The fourth-order valence-electron chi connectivity index (χ4n) is 2.37. The molecule has 6 nitrogen and oxygen atoms in total. The second-order valence-electron chi connectivity index (χ2n) is 4.57. The number of methoxy groups -OCH3 is 1. The predicted molar refractivity (Wildman–Crippen MR) is 70.7 cm³/mol. The average molecular weight is 264 g/mol. The molecule has 0 aliphatic carbocycles. The van der Waals surface area contributed by atoms with Crippen LogP contribution in [0.15, 0.2) is 18.2 Å². The minimum Gasteiger partial charge on any atom is -0.380 e. The van der Waals surface area contributed by atoms with E-state index < -0.39 is 4.92 Å². The number of hydrogen-bond donors (Lipinski definition) is 0. The van der Waals surface area contributed by atoms with Gasteiger partial charge < -0.3 is 9.64 Å². The summed E-state index contributed by atoms with van der Waals surface area (Å²) in [6.45, 7) is 1.35. The Morgan fingerprint density at radius 1 is 1.53 bits per heavy atom. The lowest BCUT2D eigenvalue weighted by Crippen LogP contribution is -2.39. The number of carbonyl (C=O) groups excluding carboxylic acids is 1. The van der Waals surface area contributed by atoms with Gasteiger partial charge in [0.15, 0.2) is 0 Å². The van der Waals surface area contributed by atoms with E-state index in [2.05, 4.69) is 0 Å². The summed E-state index contributed by atoms with van der Waals surface area (Å²) < 4.78 is 5.32. The van der Waals surface area contributed by atoms with Gasteiger partial charge >= 0.3 is 0 Å². The third kappa shape index (κ3) is 2.90. The SMILES string of the molecule is COC1CCCN(c2cc(C=O)ccc2[N+](=O)[O-])C1. The van der Waals surface area contributed by atoms with Gasteiger partial charge in [0.25, 0.3) is 5.69 Å². The molecule has 1 aliphatic heterocycles. The highest BCUT2D eigenvalue weighted by molar-refractivity contribution is 5.80. The first-order valence-electron chi connectivity index (χ1n) is 6.17. The van der Waals surface area contributed by atoms with Crippen molar-refractivity contribution in [2.24, 2.45) is 0 Å². The molecule has 0 aromatic heterocycles. The van der Waals surface area contributed by atoms with Gasteiger partial charge in [-0.1, -0.05) is 0 Å². The summed E-state index contributed by atoms with van der Waals surface area (Å²) in [6.07, 6.45) is 2.65. The van der Waals surface area contributed by atoms with E-state index in [0.717, 1.165) is 19.4 Å². The molecule has 0 spiro atoms. The maximum atomic E-state index is 11.1. The molecular weight excluding hydrogens is 248 g/mol. The molecule has 1 saturated heterocycles. The van der Waals surface area contributed by atoms with Gasteiger partial charge in [-0.25, -0.2) is 0 Å². The number of benzene rings is 1. The molecule has 1 aromatic rings. The number of carbonyl (C=O) groups is 1. The summed E-state index contributed by atoms with van der Waals surface area (Å²) in [6, 6.07) is 4.42. The van der Waals surface area contributed by atoms with Crippen molar-refractivity contribution in [3.05, 3.63) is 33.9 Å². The molecule has 1 unspecified atom stereocenters. The van der Waals surface area contributed by atoms with Crippen molar-refractivity contribution < 1.29 is 14.5 Å². The van der Waals surface area contributed by atoms with Gasteiger partial charge in [-0.3, -0.25) is 14.9 Å². The predicted octanol–water partition coefficient (Wildman–Crippen LogP) is 2.02. The van der Waals surface area contributed by atoms with Crippen LogP contribution in [-0.2, 0) is 4.74 Å². The number of rotatable bonds is 4. The van der Waals surface area contributed by atoms with Crippen LogP contribution >= 0.6 is 0 Å². The summed E-state index contributed by atoms with van der Waals surface area (Å²) in [7, 11) is 1.64. The maximum Gasteiger partial charge on any atom is 0.292 e. The fourth-order valence-corrected chi connectivity index (χ4v) is 2.37. The van der Waals surface area contributed by atoms with Crippen molar-refractivity contribution in [2.45, 2.75) is 18.9 Å². The minimum atomic E-state index is -0.416. The lowest BCUT2D eigenvalue weighted by molar-refractivity contribution is -0.384. The van der Waals surface area contributed by atoms with E-state index in [4.69, 9.17) is 4.74 Å². The third-order valence-electron chi connectivity index (χ3n) is 3.38. The van der Waals surface area contributed by atoms with E-state index in [0.29, 0.717) is 24.1 Å². The van der Waals surface area contributed by atoms with Gasteiger partial charge in [0, 0.05) is 31.8 Å². The van der Waals surface area contributed by atoms with E-state index in [1.54, 1.807) is 13.2 Å². The van der Waals surface area contributed by atoms with E-state index in [-0.39, 0.29) is 11.8 Å². The maximum absolute atomic E-state index is 11.1. The van der Waals surface area contributed by atoms with Crippen LogP contribution in [0.25, 0.3) is 0 Å². The highest BCUT2D eigenvalue weighted by Gasteiger charge is 2.25. The van der Waals surface area contributed by atoms with Crippen LogP contribution in [0.1, 0.15) is 23.2 Å². The highest BCUT2D eigenvalue weighted by atomic mass is 16.6. The molecule has 19 heavy (non-hydrogen) atoms. The van der Waals surface area contributed by atoms with Crippen molar-refractivity contribution in [2.75, 3.05) is 25.1 Å². The third-order valence-corrected chi connectivity index (χ3v) is 3.38. The molecule has 1 aromatic carbocycles. The summed E-state index contributed by atoms with van der Waals surface area (Å²) in [5, 5.41) is 11.1. The number of nitro benzene ring substituents is 1.